The van der Waals surface area contributed by atoms with Gasteiger partial charge < -0.3 is 28.4 Å². The molecule has 0 atom stereocenters. The molecule has 0 aliphatic heterocycles. The van der Waals surface area contributed by atoms with Gasteiger partial charge >= 0.3 is 0 Å². The van der Waals surface area contributed by atoms with Gasteiger partial charge in [-0.2, -0.15) is 0 Å². The highest BCUT2D eigenvalue weighted by Crippen LogP contribution is 2.35. The van der Waals surface area contributed by atoms with Crippen molar-refractivity contribution in [2.75, 3.05) is 41.0 Å². The molecule has 6 nitrogen and oxygen atoms in total. The maximum atomic E-state index is 5.86. The molecule has 0 N–H and O–H groups in total. The van der Waals surface area contributed by atoms with Gasteiger partial charge in [0.05, 0.1) is 18.7 Å². The fourth-order valence-corrected chi connectivity index (χ4v) is 5.15. The molecule has 0 aromatic heterocycles. The molecule has 0 aliphatic rings. The minimum absolute atomic E-state index is 0.203. The summed E-state index contributed by atoms with van der Waals surface area (Å²) in [5.74, 6) is 2.77. The van der Waals surface area contributed by atoms with E-state index in [9.17, 15) is 0 Å². The molecule has 0 radical (unpaired) electrons. The summed E-state index contributed by atoms with van der Waals surface area (Å²) in [6.07, 6.45) is 3.99. The molecule has 37 heavy (non-hydrogen) atoms. The van der Waals surface area contributed by atoms with Crippen LogP contribution in [0.4, 0.5) is 0 Å². The normalized spacial score (nSPS) is 12.1. The fraction of sp³-hybridized carbons (Fsp3) is 0.500. The Bertz CT molecular complexity index is 1010. The number of halogens is 1. The third-order valence-electron chi connectivity index (χ3n) is 5.46. The molecule has 2 aromatic carbocycles. The standard InChI is InChI=1S/C28H43BrO6Si2/c1-30-24-15-22(16-25(18-24)34-20-32-11-13-36(3,4)5)9-10-23-17-26(19-27(31-2)28(23)29)35-21-33-12-14-37(6,7)8/h9-10,15-19H,11-14,20-21H2,1-8H3. The number of hydrogen-bond acceptors (Lipinski definition) is 6. The third kappa shape index (κ3) is 12.5. The van der Waals surface area contributed by atoms with Gasteiger partial charge in [0.2, 0.25) is 0 Å². The van der Waals surface area contributed by atoms with Crippen LogP contribution in [-0.4, -0.2) is 57.2 Å². The highest BCUT2D eigenvalue weighted by atomic mass is 79.9. The largest absolute Gasteiger partial charge is 0.497 e. The monoisotopic (exact) mass is 610 g/mol. The molecular weight excluding hydrogens is 568 g/mol. The summed E-state index contributed by atoms with van der Waals surface area (Å²) >= 11 is 3.65. The smallest absolute Gasteiger partial charge is 0.189 e. The number of hydrogen-bond donors (Lipinski definition) is 0. The van der Waals surface area contributed by atoms with E-state index >= 15 is 0 Å². The van der Waals surface area contributed by atoms with Gasteiger partial charge in [-0.05, 0) is 57.3 Å². The predicted molar refractivity (Wildman–Crippen MR) is 162 cm³/mol. The summed E-state index contributed by atoms with van der Waals surface area (Å²) in [6.45, 7) is 15.8. The first-order chi connectivity index (χ1) is 17.4. The summed E-state index contributed by atoms with van der Waals surface area (Å²) in [7, 11) is 1.03. The Morgan fingerprint density at radius 3 is 1.73 bits per heavy atom. The van der Waals surface area contributed by atoms with E-state index in [1.807, 2.05) is 42.5 Å². The number of benzene rings is 2. The molecule has 0 fully saturated rings. The van der Waals surface area contributed by atoms with Crippen LogP contribution in [0, 0.1) is 0 Å². The van der Waals surface area contributed by atoms with E-state index in [-0.39, 0.29) is 13.6 Å². The van der Waals surface area contributed by atoms with Gasteiger partial charge in [0, 0.05) is 41.5 Å². The molecule has 0 aliphatic carbocycles. The van der Waals surface area contributed by atoms with E-state index in [4.69, 9.17) is 28.4 Å². The lowest BCUT2D eigenvalue weighted by molar-refractivity contribution is 0.0217. The Balaban J connectivity index is 2.08. The molecule has 0 bridgehead atoms. The van der Waals surface area contributed by atoms with Crippen molar-refractivity contribution in [2.45, 2.75) is 51.4 Å². The Hall–Kier alpha value is -1.79. The van der Waals surface area contributed by atoms with Gasteiger partial charge in [-0.1, -0.05) is 51.4 Å². The molecule has 0 amide bonds. The predicted octanol–water partition coefficient (Wildman–Crippen LogP) is 8.02. The van der Waals surface area contributed by atoms with Crippen LogP contribution in [0.1, 0.15) is 11.1 Å². The maximum absolute atomic E-state index is 5.86. The van der Waals surface area contributed by atoms with Crippen molar-refractivity contribution >= 4 is 44.2 Å². The van der Waals surface area contributed by atoms with E-state index in [0.29, 0.717) is 36.2 Å². The van der Waals surface area contributed by atoms with Crippen LogP contribution in [0.15, 0.2) is 34.8 Å². The van der Waals surface area contributed by atoms with E-state index in [2.05, 4.69) is 55.2 Å². The number of ether oxygens (including phenoxy) is 6. The lowest BCUT2D eigenvalue weighted by atomic mass is 10.1. The average molecular weight is 612 g/mol. The molecule has 0 heterocycles. The molecule has 9 heteroatoms. The highest BCUT2D eigenvalue weighted by molar-refractivity contribution is 9.10. The quantitative estimate of drug-likeness (QED) is 0.0830. The second-order valence-corrected chi connectivity index (χ2v) is 23.3. The topological polar surface area (TPSA) is 55.4 Å². The van der Waals surface area contributed by atoms with Gasteiger partial charge in [0.25, 0.3) is 0 Å². The van der Waals surface area contributed by atoms with Crippen molar-refractivity contribution in [1.29, 1.82) is 0 Å². The summed E-state index contributed by atoms with van der Waals surface area (Å²) < 4.78 is 34.9. The summed E-state index contributed by atoms with van der Waals surface area (Å²) in [5.41, 5.74) is 1.85. The van der Waals surface area contributed by atoms with E-state index in [1.165, 1.54) is 0 Å². The molecular formula is C28H43BrO6Si2. The zero-order chi connectivity index (χ0) is 27.5. The van der Waals surface area contributed by atoms with Gasteiger partial charge in [-0.25, -0.2) is 0 Å². The molecule has 206 valence electrons. The van der Waals surface area contributed by atoms with Gasteiger partial charge in [-0.15, -0.1) is 0 Å². The molecule has 0 saturated carbocycles. The van der Waals surface area contributed by atoms with Gasteiger partial charge in [-0.3, -0.25) is 0 Å². The molecule has 0 saturated heterocycles. The van der Waals surface area contributed by atoms with Crippen molar-refractivity contribution < 1.29 is 28.4 Å². The van der Waals surface area contributed by atoms with Crippen molar-refractivity contribution in [3.05, 3.63) is 45.9 Å². The Labute approximate surface area is 233 Å². The SMILES string of the molecule is COc1cc(C=Cc2cc(OCOCC[Si](C)(C)C)cc(OC)c2Br)cc(OCOCC[Si](C)(C)C)c1. The van der Waals surface area contributed by atoms with Crippen LogP contribution in [0.2, 0.25) is 51.4 Å². The minimum Gasteiger partial charge on any atom is -0.497 e. The van der Waals surface area contributed by atoms with Crippen molar-refractivity contribution in [2.24, 2.45) is 0 Å². The van der Waals surface area contributed by atoms with E-state index < -0.39 is 16.1 Å². The van der Waals surface area contributed by atoms with Gasteiger partial charge in [0.15, 0.2) is 13.6 Å². The van der Waals surface area contributed by atoms with E-state index in [1.54, 1.807) is 14.2 Å². The van der Waals surface area contributed by atoms with Gasteiger partial charge in [0.1, 0.15) is 23.0 Å². The minimum atomic E-state index is -1.13. The lowest BCUT2D eigenvalue weighted by Crippen LogP contribution is -2.22. The summed E-state index contributed by atoms with van der Waals surface area (Å²) in [5, 5.41) is 0. The maximum Gasteiger partial charge on any atom is 0.189 e. The second-order valence-electron chi connectivity index (χ2n) is 11.3. The molecule has 0 unspecified atom stereocenters. The second kappa shape index (κ2) is 15.0. The van der Waals surface area contributed by atoms with Crippen LogP contribution in [0.3, 0.4) is 0 Å². The number of rotatable bonds is 16. The van der Waals surface area contributed by atoms with Crippen LogP contribution >= 0.6 is 15.9 Å². The first-order valence-electron chi connectivity index (χ1n) is 12.6. The van der Waals surface area contributed by atoms with E-state index in [0.717, 1.165) is 27.7 Å². The van der Waals surface area contributed by atoms with Crippen LogP contribution in [0.25, 0.3) is 12.2 Å². The third-order valence-corrected chi connectivity index (χ3v) is 9.72. The van der Waals surface area contributed by atoms with Crippen LogP contribution in [0.5, 0.6) is 23.0 Å². The summed E-state index contributed by atoms with van der Waals surface area (Å²) in [6, 6.07) is 11.8. The van der Waals surface area contributed by atoms with Crippen molar-refractivity contribution in [1.82, 2.24) is 0 Å². The molecule has 2 aromatic rings. The Morgan fingerprint density at radius 2 is 1.22 bits per heavy atom. The van der Waals surface area contributed by atoms with Crippen LogP contribution in [-0.2, 0) is 9.47 Å². The lowest BCUT2D eigenvalue weighted by Gasteiger charge is -2.16. The number of methoxy groups -OCH3 is 2. The molecule has 0 spiro atoms. The Morgan fingerprint density at radius 1 is 0.676 bits per heavy atom. The zero-order valence-electron chi connectivity index (χ0n) is 23.6. The fourth-order valence-electron chi connectivity index (χ4n) is 3.12. The average Bonchev–Trinajstić information content (AvgIpc) is 2.82. The molecule has 2 rings (SSSR count). The summed E-state index contributed by atoms with van der Waals surface area (Å²) in [4.78, 5) is 0. The first-order valence-corrected chi connectivity index (χ1v) is 20.8. The van der Waals surface area contributed by atoms with Crippen molar-refractivity contribution in [3.8, 4) is 23.0 Å². The van der Waals surface area contributed by atoms with Crippen LogP contribution < -0.4 is 18.9 Å². The zero-order valence-corrected chi connectivity index (χ0v) is 27.2. The van der Waals surface area contributed by atoms with Crippen molar-refractivity contribution in [3.63, 3.8) is 0 Å². The highest BCUT2D eigenvalue weighted by Gasteiger charge is 2.13. The first kappa shape index (κ1) is 31.4. The Kier molecular flexibility index (Phi) is 12.7.